The molecule has 1 N–H and O–H groups in total. The van der Waals surface area contributed by atoms with Crippen LogP contribution in [0, 0.1) is 0 Å². The van der Waals surface area contributed by atoms with Crippen LogP contribution in [-0.4, -0.2) is 0 Å². The van der Waals surface area contributed by atoms with Gasteiger partial charge in [0.25, 0.3) is 0 Å². The second kappa shape index (κ2) is 5.99. The molecule has 0 fully saturated rings. The number of fused-ring (bicyclic) bond motifs is 3. The van der Waals surface area contributed by atoms with E-state index in [1.807, 2.05) is 0 Å². The van der Waals surface area contributed by atoms with E-state index in [1.54, 1.807) is 0 Å². The summed E-state index contributed by atoms with van der Waals surface area (Å²) in [5.41, 5.74) is 2.42. The van der Waals surface area contributed by atoms with Crippen molar-refractivity contribution in [1.29, 1.82) is 0 Å². The van der Waals surface area contributed by atoms with E-state index >= 15 is 0 Å². The fourth-order valence-corrected chi connectivity index (χ4v) is 3.55. The standard InChI is InChI=1S/C20H18BrNO/c1-2-17-19-16-6-4-3-5-13(16)9-12-18(19)23-20(22-17)14-7-10-15(21)11-8-14/h3-12,17,20,22H,2H2,1H3. The van der Waals surface area contributed by atoms with Crippen molar-refractivity contribution in [2.75, 3.05) is 0 Å². The SMILES string of the molecule is CCC1NC(c2ccc(Br)cc2)Oc2ccc3ccccc3c21. The molecule has 0 spiro atoms. The number of halogens is 1. The lowest BCUT2D eigenvalue weighted by atomic mass is 9.94. The fourth-order valence-electron chi connectivity index (χ4n) is 3.29. The summed E-state index contributed by atoms with van der Waals surface area (Å²) in [6.45, 7) is 2.22. The summed E-state index contributed by atoms with van der Waals surface area (Å²) >= 11 is 3.49. The van der Waals surface area contributed by atoms with Crippen LogP contribution < -0.4 is 10.1 Å². The third-order valence-electron chi connectivity index (χ3n) is 4.46. The average molecular weight is 368 g/mol. The molecule has 116 valence electrons. The zero-order valence-electron chi connectivity index (χ0n) is 12.9. The molecular weight excluding hydrogens is 350 g/mol. The van der Waals surface area contributed by atoms with E-state index in [9.17, 15) is 0 Å². The second-order valence-corrected chi connectivity index (χ2v) is 6.79. The Balaban J connectivity index is 1.79. The van der Waals surface area contributed by atoms with Crippen LogP contribution in [0.3, 0.4) is 0 Å². The Labute approximate surface area is 144 Å². The van der Waals surface area contributed by atoms with Crippen molar-refractivity contribution in [3.8, 4) is 5.75 Å². The maximum atomic E-state index is 6.27. The Kier molecular flexibility index (Phi) is 3.83. The number of rotatable bonds is 2. The van der Waals surface area contributed by atoms with Gasteiger partial charge in [-0.1, -0.05) is 65.3 Å². The van der Waals surface area contributed by atoms with Gasteiger partial charge in [0.1, 0.15) is 5.75 Å². The van der Waals surface area contributed by atoms with E-state index < -0.39 is 0 Å². The lowest BCUT2D eigenvalue weighted by Crippen LogP contribution is -2.34. The number of ether oxygens (including phenoxy) is 1. The van der Waals surface area contributed by atoms with E-state index in [0.29, 0.717) is 6.04 Å². The topological polar surface area (TPSA) is 21.3 Å². The van der Waals surface area contributed by atoms with Crippen LogP contribution in [0.5, 0.6) is 5.75 Å². The van der Waals surface area contributed by atoms with Gasteiger partial charge in [0.05, 0.1) is 0 Å². The lowest BCUT2D eigenvalue weighted by Gasteiger charge is -2.34. The van der Waals surface area contributed by atoms with E-state index in [4.69, 9.17) is 4.74 Å². The van der Waals surface area contributed by atoms with Crippen LogP contribution in [0.1, 0.15) is 36.7 Å². The minimum atomic E-state index is -0.110. The van der Waals surface area contributed by atoms with Crippen molar-refractivity contribution < 1.29 is 4.74 Å². The second-order valence-electron chi connectivity index (χ2n) is 5.88. The molecule has 23 heavy (non-hydrogen) atoms. The highest BCUT2D eigenvalue weighted by Gasteiger charge is 2.28. The first-order valence-electron chi connectivity index (χ1n) is 7.96. The third kappa shape index (κ3) is 2.64. The normalized spacial score (nSPS) is 20.1. The first-order valence-corrected chi connectivity index (χ1v) is 8.75. The molecule has 0 saturated heterocycles. The largest absolute Gasteiger partial charge is 0.471 e. The van der Waals surface area contributed by atoms with Crippen molar-refractivity contribution in [2.45, 2.75) is 25.6 Å². The van der Waals surface area contributed by atoms with Gasteiger partial charge in [-0.3, -0.25) is 5.32 Å². The smallest absolute Gasteiger partial charge is 0.177 e. The van der Waals surface area contributed by atoms with Gasteiger partial charge in [-0.25, -0.2) is 0 Å². The van der Waals surface area contributed by atoms with Gasteiger partial charge < -0.3 is 4.74 Å². The van der Waals surface area contributed by atoms with Crippen LogP contribution in [0.2, 0.25) is 0 Å². The molecular formula is C20H18BrNO. The summed E-state index contributed by atoms with van der Waals surface area (Å²) in [5, 5.41) is 6.19. The minimum absolute atomic E-state index is 0.110. The van der Waals surface area contributed by atoms with E-state index in [-0.39, 0.29) is 6.23 Å². The summed E-state index contributed by atoms with van der Waals surface area (Å²) in [6.07, 6.45) is 0.916. The molecule has 0 radical (unpaired) electrons. The molecule has 0 aliphatic carbocycles. The number of hydrogen-bond acceptors (Lipinski definition) is 2. The van der Waals surface area contributed by atoms with Crippen molar-refractivity contribution >= 4 is 26.7 Å². The van der Waals surface area contributed by atoms with Gasteiger partial charge in [0.2, 0.25) is 0 Å². The Morgan fingerprint density at radius 1 is 1.00 bits per heavy atom. The van der Waals surface area contributed by atoms with Crippen LogP contribution >= 0.6 is 15.9 Å². The number of hydrogen-bond donors (Lipinski definition) is 1. The highest BCUT2D eigenvalue weighted by Crippen LogP contribution is 2.41. The molecule has 0 saturated carbocycles. The molecule has 3 aromatic carbocycles. The fraction of sp³-hybridized carbons (Fsp3) is 0.200. The Hall–Kier alpha value is -1.84. The molecule has 0 amide bonds. The monoisotopic (exact) mass is 367 g/mol. The summed E-state index contributed by atoms with van der Waals surface area (Å²) in [4.78, 5) is 0. The van der Waals surface area contributed by atoms with Gasteiger partial charge in [-0.15, -0.1) is 0 Å². The Morgan fingerprint density at radius 3 is 2.57 bits per heavy atom. The van der Waals surface area contributed by atoms with Gasteiger partial charge in [0, 0.05) is 21.6 Å². The van der Waals surface area contributed by atoms with E-state index in [2.05, 4.69) is 88.8 Å². The summed E-state index contributed by atoms with van der Waals surface area (Å²) < 4.78 is 7.35. The predicted molar refractivity (Wildman–Crippen MR) is 97.6 cm³/mol. The molecule has 4 rings (SSSR count). The molecule has 2 atom stereocenters. The first kappa shape index (κ1) is 14.7. The number of nitrogens with one attached hydrogen (secondary N) is 1. The zero-order valence-corrected chi connectivity index (χ0v) is 14.5. The van der Waals surface area contributed by atoms with Gasteiger partial charge >= 0.3 is 0 Å². The molecule has 0 bridgehead atoms. The quantitative estimate of drug-likeness (QED) is 0.623. The summed E-state index contributed by atoms with van der Waals surface area (Å²) in [6, 6.07) is 21.4. The minimum Gasteiger partial charge on any atom is -0.471 e. The van der Waals surface area contributed by atoms with Crippen LogP contribution in [0.25, 0.3) is 10.8 Å². The molecule has 3 aromatic rings. The maximum absolute atomic E-state index is 6.27. The lowest BCUT2D eigenvalue weighted by molar-refractivity contribution is 0.124. The molecule has 2 unspecified atom stereocenters. The molecule has 1 aliphatic rings. The third-order valence-corrected chi connectivity index (χ3v) is 4.99. The van der Waals surface area contributed by atoms with Crippen molar-refractivity contribution in [3.05, 3.63) is 76.3 Å². The molecule has 1 aliphatic heterocycles. The van der Waals surface area contributed by atoms with Crippen LogP contribution in [-0.2, 0) is 0 Å². The Morgan fingerprint density at radius 2 is 1.78 bits per heavy atom. The van der Waals surface area contributed by atoms with Crippen LogP contribution in [0.4, 0.5) is 0 Å². The van der Waals surface area contributed by atoms with Crippen LogP contribution in [0.15, 0.2) is 65.1 Å². The zero-order chi connectivity index (χ0) is 15.8. The molecule has 1 heterocycles. The molecule has 3 heteroatoms. The number of benzene rings is 3. The maximum Gasteiger partial charge on any atom is 0.177 e. The van der Waals surface area contributed by atoms with E-state index in [0.717, 1.165) is 22.2 Å². The highest BCUT2D eigenvalue weighted by molar-refractivity contribution is 9.10. The predicted octanol–water partition coefficient (Wildman–Crippen LogP) is 5.73. The summed E-state index contributed by atoms with van der Waals surface area (Å²) in [7, 11) is 0. The van der Waals surface area contributed by atoms with Crippen molar-refractivity contribution in [2.24, 2.45) is 0 Å². The molecule has 0 aromatic heterocycles. The molecule has 2 nitrogen and oxygen atoms in total. The van der Waals surface area contributed by atoms with Crippen molar-refractivity contribution in [1.82, 2.24) is 5.32 Å². The van der Waals surface area contributed by atoms with Crippen molar-refractivity contribution in [3.63, 3.8) is 0 Å². The average Bonchev–Trinajstić information content (AvgIpc) is 2.61. The van der Waals surface area contributed by atoms with Gasteiger partial charge in [-0.05, 0) is 35.4 Å². The van der Waals surface area contributed by atoms with E-state index in [1.165, 1.54) is 16.3 Å². The summed E-state index contributed by atoms with van der Waals surface area (Å²) in [5.74, 6) is 0.988. The highest BCUT2D eigenvalue weighted by atomic mass is 79.9. The van der Waals surface area contributed by atoms with Gasteiger partial charge in [-0.2, -0.15) is 0 Å². The van der Waals surface area contributed by atoms with Gasteiger partial charge in [0.15, 0.2) is 6.23 Å². The Bertz CT molecular complexity index is 844. The first-order chi connectivity index (χ1) is 11.3.